The van der Waals surface area contributed by atoms with Crippen molar-refractivity contribution in [1.29, 1.82) is 0 Å². The Morgan fingerprint density at radius 3 is 2.59 bits per heavy atom. The Labute approximate surface area is 139 Å². The maximum atomic E-state index is 12.2. The van der Waals surface area contributed by atoms with Crippen LogP contribution in [0.2, 0.25) is 10.0 Å². The third-order valence-electron chi connectivity index (χ3n) is 2.98. The van der Waals surface area contributed by atoms with Gasteiger partial charge in [-0.3, -0.25) is 4.79 Å². The maximum Gasteiger partial charge on any atom is 0.266 e. The van der Waals surface area contributed by atoms with Gasteiger partial charge in [-0.2, -0.15) is 5.10 Å². The highest BCUT2D eigenvalue weighted by molar-refractivity contribution is 6.42. The standard InChI is InChI=1S/C15H17Cl2N3O2/c1-9(2)20-14(6-7-18-20)19-15(21)10(3)22-11-4-5-12(16)13(17)8-11/h4-10H,1-3H3,(H,19,21)/t10-/m1/s1. The molecule has 0 aliphatic rings. The van der Waals surface area contributed by atoms with E-state index in [1.165, 1.54) is 0 Å². The number of nitrogens with one attached hydrogen (secondary N) is 1. The van der Waals surface area contributed by atoms with Crippen molar-refractivity contribution in [2.75, 3.05) is 5.32 Å². The van der Waals surface area contributed by atoms with Crippen molar-refractivity contribution >= 4 is 34.9 Å². The molecule has 2 aromatic rings. The number of hydrogen-bond donors (Lipinski definition) is 1. The molecule has 1 N–H and O–H groups in total. The highest BCUT2D eigenvalue weighted by Gasteiger charge is 2.17. The summed E-state index contributed by atoms with van der Waals surface area (Å²) < 4.78 is 7.30. The Bertz CT molecular complexity index is 671. The number of halogens is 2. The number of nitrogens with zero attached hydrogens (tertiary/aromatic N) is 2. The summed E-state index contributed by atoms with van der Waals surface area (Å²) in [5.41, 5.74) is 0. The number of amides is 1. The van der Waals surface area contributed by atoms with Crippen molar-refractivity contribution in [1.82, 2.24) is 9.78 Å². The lowest BCUT2D eigenvalue weighted by molar-refractivity contribution is -0.122. The predicted octanol–water partition coefficient (Wildman–Crippen LogP) is 4.18. The summed E-state index contributed by atoms with van der Waals surface area (Å²) in [6, 6.07) is 6.75. The third kappa shape index (κ3) is 3.93. The summed E-state index contributed by atoms with van der Waals surface area (Å²) in [4.78, 5) is 12.2. The number of aromatic nitrogens is 2. The molecule has 0 saturated carbocycles. The zero-order chi connectivity index (χ0) is 16.3. The van der Waals surface area contributed by atoms with Gasteiger partial charge < -0.3 is 10.1 Å². The van der Waals surface area contributed by atoms with Gasteiger partial charge in [0.05, 0.1) is 16.2 Å². The first-order chi connectivity index (χ1) is 10.4. The first kappa shape index (κ1) is 16.6. The second-order valence-corrected chi connectivity index (χ2v) is 5.89. The number of carbonyl (C=O) groups is 1. The van der Waals surface area contributed by atoms with E-state index in [-0.39, 0.29) is 11.9 Å². The minimum Gasteiger partial charge on any atom is -0.481 e. The average Bonchev–Trinajstić information content (AvgIpc) is 2.91. The van der Waals surface area contributed by atoms with E-state index in [0.29, 0.717) is 21.6 Å². The number of hydrogen-bond acceptors (Lipinski definition) is 3. The molecule has 0 aliphatic carbocycles. The second-order valence-electron chi connectivity index (χ2n) is 5.08. The minimum atomic E-state index is -0.687. The lowest BCUT2D eigenvalue weighted by atomic mass is 10.3. The van der Waals surface area contributed by atoms with Crippen molar-refractivity contribution in [2.24, 2.45) is 0 Å². The van der Waals surface area contributed by atoms with Crippen molar-refractivity contribution in [3.8, 4) is 5.75 Å². The fourth-order valence-electron chi connectivity index (χ4n) is 1.86. The van der Waals surface area contributed by atoms with Crippen LogP contribution in [0.1, 0.15) is 26.8 Å². The van der Waals surface area contributed by atoms with E-state index in [1.807, 2.05) is 13.8 Å². The van der Waals surface area contributed by atoms with Crippen LogP contribution in [0.3, 0.4) is 0 Å². The molecular weight excluding hydrogens is 325 g/mol. The zero-order valence-corrected chi connectivity index (χ0v) is 14.0. The van der Waals surface area contributed by atoms with Crippen LogP contribution in [-0.4, -0.2) is 21.8 Å². The van der Waals surface area contributed by atoms with Crippen LogP contribution in [0, 0.1) is 0 Å². The van der Waals surface area contributed by atoms with Crippen LogP contribution in [0.25, 0.3) is 0 Å². The van der Waals surface area contributed by atoms with Gasteiger partial charge in [-0.1, -0.05) is 23.2 Å². The molecule has 1 atom stereocenters. The Balaban J connectivity index is 2.02. The highest BCUT2D eigenvalue weighted by atomic mass is 35.5. The van der Waals surface area contributed by atoms with Gasteiger partial charge in [-0.05, 0) is 32.9 Å². The van der Waals surface area contributed by atoms with Crippen molar-refractivity contribution in [3.63, 3.8) is 0 Å². The van der Waals surface area contributed by atoms with E-state index in [4.69, 9.17) is 27.9 Å². The Hall–Kier alpha value is -1.72. The molecule has 1 amide bonds. The Kier molecular flexibility index (Phi) is 5.32. The van der Waals surface area contributed by atoms with Gasteiger partial charge in [-0.15, -0.1) is 0 Å². The molecule has 1 heterocycles. The topological polar surface area (TPSA) is 56.2 Å². The second kappa shape index (κ2) is 7.03. The maximum absolute atomic E-state index is 12.2. The first-order valence-electron chi connectivity index (χ1n) is 6.84. The van der Waals surface area contributed by atoms with Crippen LogP contribution < -0.4 is 10.1 Å². The molecule has 0 fully saturated rings. The van der Waals surface area contributed by atoms with Gasteiger partial charge in [0.1, 0.15) is 11.6 Å². The summed E-state index contributed by atoms with van der Waals surface area (Å²) in [5, 5.41) is 7.77. The van der Waals surface area contributed by atoms with E-state index < -0.39 is 6.10 Å². The van der Waals surface area contributed by atoms with Crippen LogP contribution >= 0.6 is 23.2 Å². The lowest BCUT2D eigenvalue weighted by Crippen LogP contribution is -2.31. The summed E-state index contributed by atoms with van der Waals surface area (Å²) in [6.07, 6.45) is 0.952. The lowest BCUT2D eigenvalue weighted by Gasteiger charge is -2.16. The van der Waals surface area contributed by atoms with Crippen LogP contribution in [0.4, 0.5) is 5.82 Å². The summed E-state index contributed by atoms with van der Waals surface area (Å²) in [6.45, 7) is 5.63. The van der Waals surface area contributed by atoms with Crippen LogP contribution in [0.15, 0.2) is 30.5 Å². The van der Waals surface area contributed by atoms with Gasteiger partial charge in [0.15, 0.2) is 6.10 Å². The van der Waals surface area contributed by atoms with E-state index in [2.05, 4.69) is 10.4 Å². The van der Waals surface area contributed by atoms with Crippen molar-refractivity contribution in [2.45, 2.75) is 32.9 Å². The fraction of sp³-hybridized carbons (Fsp3) is 0.333. The summed E-state index contributed by atoms with van der Waals surface area (Å²) in [7, 11) is 0. The molecule has 0 unspecified atom stereocenters. The molecule has 22 heavy (non-hydrogen) atoms. The molecule has 118 valence electrons. The number of anilines is 1. The molecule has 0 saturated heterocycles. The monoisotopic (exact) mass is 341 g/mol. The third-order valence-corrected chi connectivity index (χ3v) is 3.72. The quantitative estimate of drug-likeness (QED) is 0.887. The molecule has 0 radical (unpaired) electrons. The average molecular weight is 342 g/mol. The zero-order valence-electron chi connectivity index (χ0n) is 12.5. The number of rotatable bonds is 5. The number of ether oxygens (including phenoxy) is 1. The van der Waals surface area contributed by atoms with E-state index >= 15 is 0 Å². The number of benzene rings is 1. The normalized spacial score (nSPS) is 12.3. The van der Waals surface area contributed by atoms with E-state index in [0.717, 1.165) is 0 Å². The Morgan fingerprint density at radius 2 is 1.95 bits per heavy atom. The first-order valence-corrected chi connectivity index (χ1v) is 7.60. The van der Waals surface area contributed by atoms with Gasteiger partial charge in [0, 0.05) is 18.2 Å². The number of carbonyl (C=O) groups excluding carboxylic acids is 1. The predicted molar refractivity (Wildman–Crippen MR) is 87.8 cm³/mol. The highest BCUT2D eigenvalue weighted by Crippen LogP contribution is 2.27. The molecule has 2 rings (SSSR count). The molecule has 0 aliphatic heterocycles. The smallest absolute Gasteiger partial charge is 0.266 e. The van der Waals surface area contributed by atoms with Crippen molar-refractivity contribution in [3.05, 3.63) is 40.5 Å². The summed E-state index contributed by atoms with van der Waals surface area (Å²) in [5.74, 6) is 0.840. The fourth-order valence-corrected chi connectivity index (χ4v) is 2.15. The van der Waals surface area contributed by atoms with E-state index in [1.54, 1.807) is 42.1 Å². The van der Waals surface area contributed by atoms with Gasteiger partial charge in [-0.25, -0.2) is 4.68 Å². The van der Waals surface area contributed by atoms with Gasteiger partial charge in [0.2, 0.25) is 0 Å². The molecule has 1 aromatic heterocycles. The Morgan fingerprint density at radius 1 is 1.23 bits per heavy atom. The minimum absolute atomic E-state index is 0.150. The van der Waals surface area contributed by atoms with Crippen LogP contribution in [-0.2, 0) is 4.79 Å². The molecule has 0 spiro atoms. The van der Waals surface area contributed by atoms with Gasteiger partial charge >= 0.3 is 0 Å². The SMILES string of the molecule is CC(C)n1nccc1NC(=O)[C@@H](C)Oc1ccc(Cl)c(Cl)c1. The summed E-state index contributed by atoms with van der Waals surface area (Å²) >= 11 is 11.8. The molecule has 1 aromatic carbocycles. The van der Waals surface area contributed by atoms with Crippen LogP contribution in [0.5, 0.6) is 5.75 Å². The van der Waals surface area contributed by atoms with Crippen molar-refractivity contribution < 1.29 is 9.53 Å². The molecule has 5 nitrogen and oxygen atoms in total. The van der Waals surface area contributed by atoms with Gasteiger partial charge in [0.25, 0.3) is 5.91 Å². The largest absolute Gasteiger partial charge is 0.481 e. The van der Waals surface area contributed by atoms with E-state index in [9.17, 15) is 4.79 Å². The molecule has 0 bridgehead atoms. The molecular formula is C15H17Cl2N3O2. The molecule has 7 heteroatoms.